The van der Waals surface area contributed by atoms with Gasteiger partial charge >= 0.3 is 0 Å². The molecule has 1 aromatic carbocycles. The Labute approximate surface area is 123 Å². The van der Waals surface area contributed by atoms with Gasteiger partial charge in [-0.1, -0.05) is 12.1 Å². The lowest BCUT2D eigenvalue weighted by molar-refractivity contribution is 0.314. The lowest BCUT2D eigenvalue weighted by Gasteiger charge is -2.07. The third-order valence-corrected chi connectivity index (χ3v) is 3.41. The number of rotatable bonds is 1. The quantitative estimate of drug-likeness (QED) is 0.566. The number of anilines is 1. The number of benzene rings is 1. The minimum Gasteiger partial charge on any atom is -0.384 e. The molecule has 4 rings (SSSR count). The van der Waals surface area contributed by atoms with E-state index in [0.717, 1.165) is 11.3 Å². The zero-order chi connectivity index (χ0) is 15.3. The molecule has 0 saturated carbocycles. The third kappa shape index (κ3) is 1.56. The van der Waals surface area contributed by atoms with Gasteiger partial charge in [-0.2, -0.15) is 5.26 Å². The van der Waals surface area contributed by atoms with Crippen LogP contribution in [0.5, 0.6) is 0 Å². The van der Waals surface area contributed by atoms with E-state index in [2.05, 4.69) is 31.0 Å². The molecule has 0 aliphatic carbocycles. The van der Waals surface area contributed by atoms with Crippen LogP contribution in [0, 0.1) is 18.3 Å². The van der Waals surface area contributed by atoms with Crippen molar-refractivity contribution in [1.29, 1.82) is 5.26 Å². The molecule has 3 heterocycles. The van der Waals surface area contributed by atoms with Gasteiger partial charge in [0.05, 0.1) is 0 Å². The number of nitrogens with two attached hydrogens (primary N) is 1. The van der Waals surface area contributed by atoms with Crippen molar-refractivity contribution in [2.75, 3.05) is 5.73 Å². The minimum absolute atomic E-state index is 0.241. The number of nitrogen functional groups attached to an aromatic ring is 1. The van der Waals surface area contributed by atoms with Crippen molar-refractivity contribution in [3.8, 4) is 11.8 Å². The summed E-state index contributed by atoms with van der Waals surface area (Å²) in [4.78, 5) is 8.66. The SMILES string of the molecule is Cc1cccc(-n2c(N)c(C#N)c3nc4nonc4nc32)c1. The van der Waals surface area contributed by atoms with E-state index >= 15 is 0 Å². The third-order valence-electron chi connectivity index (χ3n) is 3.41. The number of hydrogen-bond acceptors (Lipinski definition) is 7. The Bertz CT molecular complexity index is 1070. The summed E-state index contributed by atoms with van der Waals surface area (Å²) in [6, 6.07) is 9.79. The number of aromatic nitrogens is 5. The second-order valence-corrected chi connectivity index (χ2v) is 4.85. The van der Waals surface area contributed by atoms with Gasteiger partial charge in [-0.25, -0.2) is 14.6 Å². The lowest BCUT2D eigenvalue weighted by Crippen LogP contribution is -2.02. The highest BCUT2D eigenvalue weighted by Crippen LogP contribution is 2.29. The molecule has 0 atom stereocenters. The fraction of sp³-hybridized carbons (Fsp3) is 0.0714. The molecule has 8 nitrogen and oxygen atoms in total. The molecule has 3 aromatic heterocycles. The molecule has 0 bridgehead atoms. The zero-order valence-electron chi connectivity index (χ0n) is 11.5. The van der Waals surface area contributed by atoms with E-state index in [9.17, 15) is 5.26 Å². The second kappa shape index (κ2) is 4.26. The largest absolute Gasteiger partial charge is 0.384 e. The normalized spacial score (nSPS) is 11.1. The van der Waals surface area contributed by atoms with Gasteiger partial charge in [0.1, 0.15) is 23.0 Å². The van der Waals surface area contributed by atoms with Crippen molar-refractivity contribution in [2.24, 2.45) is 0 Å². The van der Waals surface area contributed by atoms with Crippen LogP contribution in [0.2, 0.25) is 0 Å². The Hall–Kier alpha value is -3.47. The monoisotopic (exact) mass is 291 g/mol. The number of nitriles is 1. The molecule has 0 amide bonds. The van der Waals surface area contributed by atoms with Crippen LogP contribution >= 0.6 is 0 Å². The summed E-state index contributed by atoms with van der Waals surface area (Å²) >= 11 is 0. The van der Waals surface area contributed by atoms with E-state index in [0.29, 0.717) is 11.2 Å². The van der Waals surface area contributed by atoms with E-state index in [1.54, 1.807) is 4.57 Å². The smallest absolute Gasteiger partial charge is 0.245 e. The van der Waals surface area contributed by atoms with Crippen molar-refractivity contribution < 1.29 is 4.63 Å². The van der Waals surface area contributed by atoms with E-state index in [-0.39, 0.29) is 22.7 Å². The van der Waals surface area contributed by atoms with Crippen LogP contribution in [0.1, 0.15) is 11.1 Å². The van der Waals surface area contributed by atoms with Crippen LogP contribution in [-0.4, -0.2) is 24.8 Å². The maximum Gasteiger partial charge on any atom is 0.245 e. The molecule has 0 aliphatic rings. The van der Waals surface area contributed by atoms with Gasteiger partial charge in [0.2, 0.25) is 11.3 Å². The van der Waals surface area contributed by atoms with Gasteiger partial charge < -0.3 is 5.73 Å². The summed E-state index contributed by atoms with van der Waals surface area (Å²) in [5.41, 5.74) is 9.59. The van der Waals surface area contributed by atoms with E-state index in [4.69, 9.17) is 5.73 Å². The van der Waals surface area contributed by atoms with Crippen LogP contribution in [0.25, 0.3) is 28.1 Å². The van der Waals surface area contributed by atoms with E-state index in [1.165, 1.54) is 0 Å². The van der Waals surface area contributed by atoms with Crippen molar-refractivity contribution >= 4 is 28.3 Å². The number of fused-ring (bicyclic) bond motifs is 2. The van der Waals surface area contributed by atoms with Crippen molar-refractivity contribution in [2.45, 2.75) is 6.92 Å². The summed E-state index contributed by atoms with van der Waals surface area (Å²) < 4.78 is 6.31. The van der Waals surface area contributed by atoms with Gasteiger partial charge in [0.25, 0.3) is 0 Å². The Balaban J connectivity index is 2.17. The van der Waals surface area contributed by atoms with Crippen molar-refractivity contribution in [3.63, 3.8) is 0 Å². The maximum atomic E-state index is 9.38. The maximum absolute atomic E-state index is 9.38. The van der Waals surface area contributed by atoms with E-state index in [1.807, 2.05) is 31.2 Å². The fourth-order valence-electron chi connectivity index (χ4n) is 2.44. The van der Waals surface area contributed by atoms with Gasteiger partial charge in [-0.15, -0.1) is 0 Å². The molecule has 0 spiro atoms. The van der Waals surface area contributed by atoms with Gasteiger partial charge in [0, 0.05) is 5.69 Å². The van der Waals surface area contributed by atoms with Crippen molar-refractivity contribution in [1.82, 2.24) is 24.8 Å². The zero-order valence-corrected chi connectivity index (χ0v) is 11.5. The summed E-state index contributed by atoms with van der Waals surface area (Å²) in [6.45, 7) is 1.97. The summed E-state index contributed by atoms with van der Waals surface area (Å²) in [7, 11) is 0. The van der Waals surface area contributed by atoms with Crippen LogP contribution in [-0.2, 0) is 0 Å². The molecule has 2 N–H and O–H groups in total. The molecular formula is C14H9N7O. The molecule has 0 radical (unpaired) electrons. The first-order valence-electron chi connectivity index (χ1n) is 6.46. The standard InChI is InChI=1S/C14H9N7O/c1-7-3-2-4-8(5-7)21-11(16)9(6-15)10-14(21)18-13-12(17-10)19-22-20-13/h2-5H,16H2,1H3. The Morgan fingerprint density at radius 2 is 2.00 bits per heavy atom. The Morgan fingerprint density at radius 3 is 2.73 bits per heavy atom. The number of nitrogens with zero attached hydrogens (tertiary/aromatic N) is 6. The highest BCUT2D eigenvalue weighted by Gasteiger charge is 2.21. The molecule has 0 aliphatic heterocycles. The van der Waals surface area contributed by atoms with Gasteiger partial charge in [0.15, 0.2) is 5.65 Å². The fourth-order valence-corrected chi connectivity index (χ4v) is 2.44. The van der Waals surface area contributed by atoms with Crippen LogP contribution in [0.3, 0.4) is 0 Å². The second-order valence-electron chi connectivity index (χ2n) is 4.85. The molecule has 106 valence electrons. The number of hydrogen-bond donors (Lipinski definition) is 1. The van der Waals surface area contributed by atoms with Gasteiger partial charge in [-0.3, -0.25) is 4.57 Å². The molecule has 0 fully saturated rings. The highest BCUT2D eigenvalue weighted by molar-refractivity contribution is 5.91. The van der Waals surface area contributed by atoms with Crippen molar-refractivity contribution in [3.05, 3.63) is 35.4 Å². The van der Waals surface area contributed by atoms with Crippen LogP contribution in [0.4, 0.5) is 5.82 Å². The van der Waals surface area contributed by atoms with Crippen LogP contribution in [0.15, 0.2) is 28.9 Å². The first-order chi connectivity index (χ1) is 10.7. The summed E-state index contributed by atoms with van der Waals surface area (Å²) in [5, 5.41) is 16.7. The highest BCUT2D eigenvalue weighted by atomic mass is 16.6. The molecule has 0 saturated heterocycles. The first kappa shape index (κ1) is 12.3. The number of aryl methyl sites for hydroxylation is 1. The molecule has 22 heavy (non-hydrogen) atoms. The predicted molar refractivity (Wildman–Crippen MR) is 78.1 cm³/mol. The Morgan fingerprint density at radius 1 is 1.23 bits per heavy atom. The van der Waals surface area contributed by atoms with Gasteiger partial charge in [-0.05, 0) is 34.9 Å². The molecule has 8 heteroatoms. The Kier molecular flexibility index (Phi) is 2.38. The first-order valence-corrected chi connectivity index (χ1v) is 6.46. The minimum atomic E-state index is 0.241. The van der Waals surface area contributed by atoms with E-state index < -0.39 is 0 Å². The molecule has 4 aromatic rings. The molecule has 0 unspecified atom stereocenters. The summed E-state index contributed by atoms with van der Waals surface area (Å²) in [5.74, 6) is 0.285. The molecular weight excluding hydrogens is 282 g/mol. The topological polar surface area (TPSA) is 119 Å². The lowest BCUT2D eigenvalue weighted by atomic mass is 10.2. The average Bonchev–Trinajstić information content (AvgIpc) is 3.05. The average molecular weight is 291 g/mol. The van der Waals surface area contributed by atoms with Crippen LogP contribution < -0.4 is 5.73 Å². The summed E-state index contributed by atoms with van der Waals surface area (Å²) in [6.07, 6.45) is 0. The predicted octanol–water partition coefficient (Wildman–Crippen LogP) is 1.72.